The van der Waals surface area contributed by atoms with E-state index in [1.54, 1.807) is 0 Å². The van der Waals surface area contributed by atoms with Crippen molar-refractivity contribution in [2.45, 2.75) is 63.5 Å². The summed E-state index contributed by atoms with van der Waals surface area (Å²) in [7, 11) is 0. The zero-order chi connectivity index (χ0) is 21.6. The molecule has 0 aromatic heterocycles. The fourth-order valence-corrected chi connectivity index (χ4v) is 5.37. The Morgan fingerprint density at radius 1 is 0.935 bits per heavy atom. The van der Waals surface area contributed by atoms with Gasteiger partial charge in [-0.3, -0.25) is 9.69 Å². The van der Waals surface area contributed by atoms with Crippen LogP contribution in [-0.2, 0) is 9.53 Å². The van der Waals surface area contributed by atoms with E-state index in [-0.39, 0.29) is 18.6 Å². The van der Waals surface area contributed by atoms with Gasteiger partial charge < -0.3 is 24.5 Å². The van der Waals surface area contributed by atoms with Crippen LogP contribution < -0.4 is 0 Å². The molecule has 4 aliphatic rings. The predicted octanol–water partition coefficient (Wildman–Crippen LogP) is 1.94. The molecule has 0 spiro atoms. The molecule has 1 aliphatic carbocycles. The number of amides is 1. The number of hydrogen-bond donors (Lipinski definition) is 1. The van der Waals surface area contributed by atoms with Crippen molar-refractivity contribution in [2.24, 2.45) is 5.92 Å². The fraction of sp³-hybridized carbons (Fsp3) is 0.913. The Labute approximate surface area is 186 Å². The van der Waals surface area contributed by atoms with Crippen LogP contribution in [0.3, 0.4) is 0 Å². The van der Waals surface area contributed by atoms with Gasteiger partial charge in [0.25, 0.3) is 0 Å². The third-order valence-electron chi connectivity index (χ3n) is 7.52. The SMILES string of the molecule is O=C(O)CCN1CCN(CC2CN(CCCCC3CCN(C4CC4)CC3)C(=O)O2)CC1. The van der Waals surface area contributed by atoms with Gasteiger partial charge >= 0.3 is 12.1 Å². The average Bonchev–Trinajstić information content (AvgIpc) is 3.55. The van der Waals surface area contributed by atoms with Crippen LogP contribution >= 0.6 is 0 Å². The van der Waals surface area contributed by atoms with Crippen LogP contribution in [-0.4, -0.2) is 114 Å². The first-order chi connectivity index (χ1) is 15.1. The van der Waals surface area contributed by atoms with Crippen molar-refractivity contribution in [1.29, 1.82) is 0 Å². The van der Waals surface area contributed by atoms with Crippen molar-refractivity contribution in [2.75, 3.05) is 65.4 Å². The lowest BCUT2D eigenvalue weighted by atomic mass is 9.91. The maximum absolute atomic E-state index is 12.2. The summed E-state index contributed by atoms with van der Waals surface area (Å²) in [6.07, 6.45) is 9.15. The second-order valence-corrected chi connectivity index (χ2v) is 9.94. The van der Waals surface area contributed by atoms with Crippen molar-refractivity contribution in [1.82, 2.24) is 19.6 Å². The van der Waals surface area contributed by atoms with Crippen LogP contribution in [0.2, 0.25) is 0 Å². The summed E-state index contributed by atoms with van der Waals surface area (Å²) in [5.41, 5.74) is 0. The van der Waals surface area contributed by atoms with Crippen molar-refractivity contribution < 1.29 is 19.4 Å². The van der Waals surface area contributed by atoms with Gasteiger partial charge in [0.1, 0.15) is 6.10 Å². The second-order valence-electron chi connectivity index (χ2n) is 9.94. The summed E-state index contributed by atoms with van der Waals surface area (Å²) in [5.74, 6) is 0.141. The van der Waals surface area contributed by atoms with E-state index in [4.69, 9.17) is 9.84 Å². The Morgan fingerprint density at radius 2 is 1.65 bits per heavy atom. The van der Waals surface area contributed by atoms with E-state index in [1.165, 1.54) is 51.6 Å². The molecule has 8 heteroatoms. The van der Waals surface area contributed by atoms with Crippen LogP contribution in [0.4, 0.5) is 4.79 Å². The van der Waals surface area contributed by atoms with Gasteiger partial charge in [-0.2, -0.15) is 0 Å². The highest BCUT2D eigenvalue weighted by atomic mass is 16.6. The molecule has 8 nitrogen and oxygen atoms in total. The highest BCUT2D eigenvalue weighted by molar-refractivity contribution is 5.69. The van der Waals surface area contributed by atoms with Gasteiger partial charge in [0, 0.05) is 51.9 Å². The summed E-state index contributed by atoms with van der Waals surface area (Å²) in [5, 5.41) is 8.82. The Hall–Kier alpha value is -1.38. The molecule has 1 atom stereocenters. The number of unbranched alkanes of at least 4 members (excludes halogenated alkanes) is 1. The molecular formula is C23H40N4O4. The number of carboxylic acid groups (broad SMARTS) is 1. The zero-order valence-corrected chi connectivity index (χ0v) is 18.9. The van der Waals surface area contributed by atoms with E-state index in [9.17, 15) is 9.59 Å². The fourth-order valence-electron chi connectivity index (χ4n) is 5.37. The number of aliphatic carboxylic acids is 1. The number of piperidine rings is 1. The van der Waals surface area contributed by atoms with E-state index in [2.05, 4.69) is 14.7 Å². The summed E-state index contributed by atoms with van der Waals surface area (Å²) >= 11 is 0. The van der Waals surface area contributed by atoms with Crippen molar-refractivity contribution in [3.8, 4) is 0 Å². The van der Waals surface area contributed by atoms with Crippen LogP contribution in [0.25, 0.3) is 0 Å². The Kier molecular flexibility index (Phi) is 8.07. The van der Waals surface area contributed by atoms with Gasteiger partial charge in [0.15, 0.2) is 0 Å². The number of carbonyl (C=O) groups excluding carboxylic acids is 1. The summed E-state index contributed by atoms with van der Waals surface area (Å²) in [6, 6.07) is 0.913. The Morgan fingerprint density at radius 3 is 2.32 bits per heavy atom. The molecule has 0 bridgehead atoms. The van der Waals surface area contributed by atoms with Gasteiger partial charge in [-0.25, -0.2) is 4.79 Å². The second kappa shape index (κ2) is 11.0. The van der Waals surface area contributed by atoms with Crippen LogP contribution in [0.1, 0.15) is 51.4 Å². The summed E-state index contributed by atoms with van der Waals surface area (Å²) < 4.78 is 5.62. The van der Waals surface area contributed by atoms with Crippen LogP contribution in [0.15, 0.2) is 0 Å². The molecule has 1 saturated carbocycles. The third kappa shape index (κ3) is 7.05. The third-order valence-corrected chi connectivity index (χ3v) is 7.52. The molecule has 4 rings (SSSR count). The predicted molar refractivity (Wildman–Crippen MR) is 118 cm³/mol. The van der Waals surface area contributed by atoms with Gasteiger partial charge in [-0.05, 0) is 51.1 Å². The van der Waals surface area contributed by atoms with Crippen LogP contribution in [0.5, 0.6) is 0 Å². The van der Waals surface area contributed by atoms with E-state index >= 15 is 0 Å². The lowest BCUT2D eigenvalue weighted by Gasteiger charge is -2.35. The number of likely N-dealkylation sites (tertiary alicyclic amines) is 1. The molecule has 3 aliphatic heterocycles. The molecule has 1 N–H and O–H groups in total. The smallest absolute Gasteiger partial charge is 0.410 e. The molecule has 0 radical (unpaired) electrons. The topological polar surface area (TPSA) is 76.6 Å². The maximum Gasteiger partial charge on any atom is 0.410 e. The minimum atomic E-state index is -0.737. The molecule has 4 fully saturated rings. The highest BCUT2D eigenvalue weighted by Gasteiger charge is 2.33. The number of rotatable bonds is 11. The van der Waals surface area contributed by atoms with Gasteiger partial charge in [-0.1, -0.05) is 12.8 Å². The van der Waals surface area contributed by atoms with Gasteiger partial charge in [-0.15, -0.1) is 0 Å². The molecule has 31 heavy (non-hydrogen) atoms. The number of cyclic esters (lactones) is 1. The monoisotopic (exact) mass is 436 g/mol. The average molecular weight is 437 g/mol. The largest absolute Gasteiger partial charge is 0.481 e. The molecule has 0 aromatic rings. The zero-order valence-electron chi connectivity index (χ0n) is 18.9. The van der Waals surface area contributed by atoms with Crippen molar-refractivity contribution in [3.05, 3.63) is 0 Å². The van der Waals surface area contributed by atoms with E-state index < -0.39 is 5.97 Å². The Balaban J connectivity index is 1.06. The molecule has 0 aromatic carbocycles. The van der Waals surface area contributed by atoms with Crippen LogP contribution in [0, 0.1) is 5.92 Å². The minimum absolute atomic E-state index is 0.0372. The molecule has 176 valence electrons. The number of carbonyl (C=O) groups is 2. The number of piperazine rings is 1. The quantitative estimate of drug-likeness (QED) is 0.496. The number of hydrogen-bond acceptors (Lipinski definition) is 6. The van der Waals surface area contributed by atoms with E-state index in [0.29, 0.717) is 13.1 Å². The lowest BCUT2D eigenvalue weighted by Crippen LogP contribution is -2.49. The molecule has 3 saturated heterocycles. The Bertz CT molecular complexity index is 598. The normalized spacial score (nSPS) is 27.0. The minimum Gasteiger partial charge on any atom is -0.481 e. The highest BCUT2D eigenvalue weighted by Crippen LogP contribution is 2.32. The summed E-state index contributed by atoms with van der Waals surface area (Å²) in [6.45, 7) is 9.11. The first kappa shape index (κ1) is 22.8. The van der Waals surface area contributed by atoms with Crippen molar-refractivity contribution in [3.63, 3.8) is 0 Å². The number of ether oxygens (including phenoxy) is 1. The molecule has 3 heterocycles. The molecular weight excluding hydrogens is 396 g/mol. The van der Waals surface area contributed by atoms with Crippen molar-refractivity contribution >= 4 is 12.1 Å². The summed E-state index contributed by atoms with van der Waals surface area (Å²) in [4.78, 5) is 32.1. The van der Waals surface area contributed by atoms with Gasteiger partial charge in [0.05, 0.1) is 13.0 Å². The van der Waals surface area contributed by atoms with Gasteiger partial charge in [0.2, 0.25) is 0 Å². The van der Waals surface area contributed by atoms with E-state index in [0.717, 1.165) is 57.6 Å². The number of nitrogens with zero attached hydrogens (tertiary/aromatic N) is 4. The molecule has 1 amide bonds. The standard InChI is InChI=1S/C23H40N4O4/c28-22(29)8-10-24-13-15-25(16-14-24)17-21-18-27(23(30)31-21)9-2-1-3-19-6-11-26(12-7-19)20-4-5-20/h19-21H,1-18H2,(H,28,29). The maximum atomic E-state index is 12.2. The van der Waals surface area contributed by atoms with E-state index in [1.807, 2.05) is 4.90 Å². The molecule has 1 unspecified atom stereocenters. The first-order valence-corrected chi connectivity index (χ1v) is 12.4. The number of carboxylic acids is 1. The lowest BCUT2D eigenvalue weighted by molar-refractivity contribution is -0.137. The first-order valence-electron chi connectivity index (χ1n) is 12.4.